The largest absolute Gasteiger partial charge is 0.329 e. The summed E-state index contributed by atoms with van der Waals surface area (Å²) in [6, 6.07) is 8.15. The molecule has 4 nitrogen and oxygen atoms in total. The topological polar surface area (TPSA) is 54.9 Å². The molecule has 2 aromatic rings. The molecule has 0 aliphatic heterocycles. The van der Waals surface area contributed by atoms with E-state index in [4.69, 9.17) is 11.6 Å². The van der Waals surface area contributed by atoms with E-state index in [0.29, 0.717) is 18.5 Å². The molecule has 3 rings (SSSR count). The van der Waals surface area contributed by atoms with E-state index in [1.807, 2.05) is 19.1 Å². The van der Waals surface area contributed by atoms with Crippen molar-refractivity contribution >= 4 is 11.6 Å². The van der Waals surface area contributed by atoms with Gasteiger partial charge in [0.25, 0.3) is 5.56 Å². The van der Waals surface area contributed by atoms with E-state index >= 15 is 0 Å². The molecule has 0 radical (unpaired) electrons. The zero-order valence-corrected chi connectivity index (χ0v) is 12.6. The second-order valence-electron chi connectivity index (χ2n) is 5.49. The Morgan fingerprint density at radius 3 is 2.81 bits per heavy atom. The molecule has 0 saturated heterocycles. The van der Waals surface area contributed by atoms with Crippen molar-refractivity contribution in [1.82, 2.24) is 9.55 Å². The van der Waals surface area contributed by atoms with Gasteiger partial charge < -0.3 is 0 Å². The van der Waals surface area contributed by atoms with Gasteiger partial charge >= 0.3 is 5.69 Å². The Labute approximate surface area is 127 Å². The number of fused-ring (bicyclic) bond motifs is 1. The van der Waals surface area contributed by atoms with Crippen LogP contribution in [0.2, 0.25) is 5.15 Å². The van der Waals surface area contributed by atoms with E-state index in [-0.39, 0.29) is 16.6 Å². The number of rotatable bonds is 4. The van der Waals surface area contributed by atoms with Crippen molar-refractivity contribution in [2.75, 3.05) is 0 Å². The number of hydrogen-bond acceptors (Lipinski definition) is 2. The van der Waals surface area contributed by atoms with Gasteiger partial charge in [0.05, 0.1) is 5.56 Å². The van der Waals surface area contributed by atoms with E-state index < -0.39 is 5.69 Å². The standard InChI is InChI=1S/C16H17ClN2O2/c1-2-5-13-14(17)18-16(21)19(15(13)20)9-11-8-10-6-3-4-7-12(10)11/h3-4,6-7,11H,2,5,8-9H2,1H3,(H,18,21). The first-order valence-corrected chi connectivity index (χ1v) is 7.59. The van der Waals surface area contributed by atoms with Crippen LogP contribution in [0.15, 0.2) is 33.9 Å². The van der Waals surface area contributed by atoms with Gasteiger partial charge in [-0.3, -0.25) is 14.3 Å². The molecule has 1 N–H and O–H groups in total. The summed E-state index contributed by atoms with van der Waals surface area (Å²) in [5, 5.41) is 0.178. The highest BCUT2D eigenvalue weighted by atomic mass is 35.5. The van der Waals surface area contributed by atoms with Crippen molar-refractivity contribution < 1.29 is 0 Å². The monoisotopic (exact) mass is 304 g/mol. The SMILES string of the molecule is CCCc1c(Cl)[nH]c(=O)n(CC2Cc3ccccc32)c1=O. The fraction of sp³-hybridized carbons (Fsp3) is 0.375. The number of aromatic nitrogens is 2. The summed E-state index contributed by atoms with van der Waals surface area (Å²) in [6.45, 7) is 2.40. The van der Waals surface area contributed by atoms with Crippen molar-refractivity contribution in [3.63, 3.8) is 0 Å². The smallest absolute Gasteiger partial charge is 0.297 e. The number of nitrogens with one attached hydrogen (secondary N) is 1. The molecule has 1 atom stereocenters. The summed E-state index contributed by atoms with van der Waals surface area (Å²) in [7, 11) is 0. The summed E-state index contributed by atoms with van der Waals surface area (Å²) in [5.41, 5.74) is 2.36. The molecule has 0 fully saturated rings. The molecule has 0 bridgehead atoms. The van der Waals surface area contributed by atoms with Crippen LogP contribution in [0, 0.1) is 0 Å². The normalized spacial score (nSPS) is 16.4. The van der Waals surface area contributed by atoms with Crippen LogP contribution in [0.4, 0.5) is 0 Å². The van der Waals surface area contributed by atoms with Gasteiger partial charge in [0, 0.05) is 12.5 Å². The molecule has 1 aromatic carbocycles. The molecular formula is C16H17ClN2O2. The van der Waals surface area contributed by atoms with Crippen molar-refractivity contribution in [2.45, 2.75) is 38.6 Å². The zero-order chi connectivity index (χ0) is 15.0. The number of halogens is 1. The molecule has 1 unspecified atom stereocenters. The van der Waals surface area contributed by atoms with Crippen molar-refractivity contribution in [3.8, 4) is 0 Å². The lowest BCUT2D eigenvalue weighted by atomic mass is 9.77. The number of H-pyrrole nitrogens is 1. The van der Waals surface area contributed by atoms with Crippen molar-refractivity contribution in [1.29, 1.82) is 0 Å². The first kappa shape index (κ1) is 14.1. The van der Waals surface area contributed by atoms with Gasteiger partial charge in [-0.25, -0.2) is 4.79 Å². The van der Waals surface area contributed by atoms with Gasteiger partial charge in [0.15, 0.2) is 0 Å². The molecule has 5 heteroatoms. The highest BCUT2D eigenvalue weighted by Crippen LogP contribution is 2.35. The van der Waals surface area contributed by atoms with Crippen molar-refractivity contribution in [3.05, 3.63) is 66.9 Å². The maximum atomic E-state index is 12.4. The summed E-state index contributed by atoms with van der Waals surface area (Å²) in [6.07, 6.45) is 2.30. The lowest BCUT2D eigenvalue weighted by Gasteiger charge is -2.30. The molecular weight excluding hydrogens is 288 g/mol. The highest BCUT2D eigenvalue weighted by Gasteiger charge is 2.27. The first-order chi connectivity index (χ1) is 10.1. The maximum Gasteiger partial charge on any atom is 0.329 e. The van der Waals surface area contributed by atoms with Crippen molar-refractivity contribution in [2.24, 2.45) is 0 Å². The van der Waals surface area contributed by atoms with E-state index in [1.54, 1.807) is 0 Å². The second-order valence-corrected chi connectivity index (χ2v) is 5.87. The third-order valence-electron chi connectivity index (χ3n) is 4.09. The molecule has 110 valence electrons. The molecule has 0 spiro atoms. The summed E-state index contributed by atoms with van der Waals surface area (Å²) in [5.74, 6) is 0.232. The van der Waals surface area contributed by atoms with Crippen LogP contribution >= 0.6 is 11.6 Å². The Balaban J connectivity index is 1.96. The Hall–Kier alpha value is -1.81. The minimum absolute atomic E-state index is 0.178. The Morgan fingerprint density at radius 2 is 2.10 bits per heavy atom. The molecule has 1 aromatic heterocycles. The molecule has 0 saturated carbocycles. The Kier molecular flexibility index (Phi) is 3.72. The Morgan fingerprint density at radius 1 is 1.33 bits per heavy atom. The lowest BCUT2D eigenvalue weighted by Crippen LogP contribution is -2.40. The minimum atomic E-state index is -0.422. The molecule has 1 heterocycles. The Bertz CT molecular complexity index is 792. The molecule has 1 aliphatic carbocycles. The average Bonchev–Trinajstić information content (AvgIpc) is 2.43. The number of benzene rings is 1. The van der Waals surface area contributed by atoms with E-state index in [2.05, 4.69) is 17.1 Å². The number of aromatic amines is 1. The fourth-order valence-corrected chi connectivity index (χ4v) is 3.22. The van der Waals surface area contributed by atoms with Crippen LogP contribution in [0.25, 0.3) is 0 Å². The van der Waals surface area contributed by atoms with Gasteiger partial charge in [-0.2, -0.15) is 0 Å². The van der Waals surface area contributed by atoms with Gasteiger partial charge in [-0.05, 0) is 24.0 Å². The summed E-state index contributed by atoms with van der Waals surface area (Å²) < 4.78 is 1.29. The molecule has 1 aliphatic rings. The third kappa shape index (κ3) is 2.44. The van der Waals surface area contributed by atoms with Crippen LogP contribution in [-0.4, -0.2) is 9.55 Å². The predicted molar refractivity (Wildman–Crippen MR) is 83.2 cm³/mol. The van der Waals surface area contributed by atoms with Crippen LogP contribution < -0.4 is 11.2 Å². The van der Waals surface area contributed by atoms with Crippen LogP contribution in [0.5, 0.6) is 0 Å². The van der Waals surface area contributed by atoms with Gasteiger partial charge in [-0.15, -0.1) is 0 Å². The van der Waals surface area contributed by atoms with Gasteiger partial charge in [-0.1, -0.05) is 49.2 Å². The second kappa shape index (κ2) is 5.53. The summed E-state index contributed by atoms with van der Waals surface area (Å²) in [4.78, 5) is 27.1. The van der Waals surface area contributed by atoms with Crippen LogP contribution in [0.1, 0.15) is 36.0 Å². The minimum Gasteiger partial charge on any atom is -0.297 e. The number of hydrogen-bond donors (Lipinski definition) is 1. The van der Waals surface area contributed by atoms with E-state index in [0.717, 1.165) is 12.8 Å². The lowest BCUT2D eigenvalue weighted by molar-refractivity contribution is 0.480. The zero-order valence-electron chi connectivity index (χ0n) is 11.9. The summed E-state index contributed by atoms with van der Waals surface area (Å²) >= 11 is 5.98. The third-order valence-corrected chi connectivity index (χ3v) is 4.42. The molecule has 0 amide bonds. The average molecular weight is 305 g/mol. The van der Waals surface area contributed by atoms with Gasteiger partial charge in [0.1, 0.15) is 5.15 Å². The maximum absolute atomic E-state index is 12.4. The predicted octanol–water partition coefficient (Wildman–Crippen LogP) is 2.48. The van der Waals surface area contributed by atoms with Crippen LogP contribution in [0.3, 0.4) is 0 Å². The number of nitrogens with zero attached hydrogens (tertiary/aromatic N) is 1. The quantitative estimate of drug-likeness (QED) is 0.882. The van der Waals surface area contributed by atoms with Crippen LogP contribution in [-0.2, 0) is 19.4 Å². The van der Waals surface area contributed by atoms with Gasteiger partial charge in [0.2, 0.25) is 0 Å². The highest BCUT2D eigenvalue weighted by molar-refractivity contribution is 6.30. The van der Waals surface area contributed by atoms with E-state index in [9.17, 15) is 9.59 Å². The van der Waals surface area contributed by atoms with E-state index in [1.165, 1.54) is 15.7 Å². The first-order valence-electron chi connectivity index (χ1n) is 7.21. The molecule has 21 heavy (non-hydrogen) atoms. The fourth-order valence-electron chi connectivity index (χ4n) is 2.96.